The van der Waals surface area contributed by atoms with Crippen molar-refractivity contribution in [3.05, 3.63) is 12.2 Å². The van der Waals surface area contributed by atoms with Gasteiger partial charge in [0.05, 0.1) is 25.4 Å². The predicted octanol–water partition coefficient (Wildman–Crippen LogP) is 11.2. The molecule has 0 aromatic heterocycles. The first kappa shape index (κ1) is 48.2. The fourth-order valence-corrected chi connectivity index (χ4v) is 6.95. The van der Waals surface area contributed by atoms with Crippen molar-refractivity contribution in [3.8, 4) is 0 Å². The van der Waals surface area contributed by atoms with Crippen LogP contribution in [-0.4, -0.2) is 47.8 Å². The Morgan fingerprint density at radius 3 is 1.51 bits per heavy atom. The number of carbonyl (C=O) groups is 1. The first-order valence-corrected chi connectivity index (χ1v) is 22.3. The number of aliphatic hydroxyl groups excluding tert-OH is 1. The second-order valence-electron chi connectivity index (χ2n) is 14.2. The van der Waals surface area contributed by atoms with Crippen molar-refractivity contribution in [2.75, 3.05) is 19.8 Å². The van der Waals surface area contributed by atoms with E-state index in [1.807, 2.05) is 0 Å². The number of aliphatic hydroxyl groups is 1. The van der Waals surface area contributed by atoms with Gasteiger partial charge in [-0.25, -0.2) is 4.57 Å². The lowest BCUT2D eigenvalue weighted by molar-refractivity contribution is -0.123. The Balaban J connectivity index is 4.19. The van der Waals surface area contributed by atoms with Crippen molar-refractivity contribution in [2.45, 2.75) is 219 Å². The van der Waals surface area contributed by atoms with E-state index < -0.39 is 20.0 Å². The molecule has 0 heterocycles. The standard InChI is InChI=1S/C40H81N2O6P/c1-3-5-7-9-11-13-15-17-19-20-22-24-26-28-30-32-34-40(44)42-38(37-48-49(45,46)47-36-35-41)39(43)33-31-29-27-25-23-21-18-16-14-12-10-8-6-4-2/h19-20,38-39,43H,3-18,21-37,41H2,1-2H3,(H,42,44)(H,45,46)/b20-19-. The lowest BCUT2D eigenvalue weighted by atomic mass is 10.0. The molecule has 0 saturated heterocycles. The first-order chi connectivity index (χ1) is 23.9. The molecule has 9 heteroatoms. The van der Waals surface area contributed by atoms with Crippen LogP contribution in [-0.2, 0) is 18.4 Å². The highest BCUT2D eigenvalue weighted by Crippen LogP contribution is 2.43. The van der Waals surface area contributed by atoms with Gasteiger partial charge in [0.25, 0.3) is 0 Å². The van der Waals surface area contributed by atoms with Gasteiger partial charge in [0.2, 0.25) is 5.91 Å². The molecule has 0 aliphatic heterocycles. The Morgan fingerprint density at radius 2 is 1.06 bits per heavy atom. The second kappa shape index (κ2) is 37.0. The summed E-state index contributed by atoms with van der Waals surface area (Å²) in [6.45, 7) is 4.20. The molecule has 0 aliphatic rings. The third-order valence-electron chi connectivity index (χ3n) is 9.37. The van der Waals surface area contributed by atoms with Gasteiger partial charge < -0.3 is 21.1 Å². The van der Waals surface area contributed by atoms with Crippen LogP contribution in [0.2, 0.25) is 0 Å². The van der Waals surface area contributed by atoms with Gasteiger partial charge in [0.1, 0.15) is 0 Å². The average molecular weight is 717 g/mol. The van der Waals surface area contributed by atoms with Gasteiger partial charge in [-0.3, -0.25) is 13.8 Å². The maximum Gasteiger partial charge on any atom is 0.472 e. The van der Waals surface area contributed by atoms with Crippen LogP contribution in [0, 0.1) is 0 Å². The molecule has 1 amide bonds. The Kier molecular flexibility index (Phi) is 36.4. The molecule has 3 atom stereocenters. The quantitative estimate of drug-likeness (QED) is 0.0283. The summed E-state index contributed by atoms with van der Waals surface area (Å²) >= 11 is 0. The Bertz CT molecular complexity index is 784. The number of allylic oxidation sites excluding steroid dienone is 2. The minimum Gasteiger partial charge on any atom is -0.391 e. The van der Waals surface area contributed by atoms with Crippen LogP contribution in [0.4, 0.5) is 0 Å². The number of amides is 1. The summed E-state index contributed by atoms with van der Waals surface area (Å²) in [5.41, 5.74) is 5.37. The van der Waals surface area contributed by atoms with Crippen molar-refractivity contribution in [2.24, 2.45) is 5.73 Å². The van der Waals surface area contributed by atoms with Gasteiger partial charge in [-0.1, -0.05) is 174 Å². The van der Waals surface area contributed by atoms with E-state index in [1.54, 1.807) is 0 Å². The van der Waals surface area contributed by atoms with Gasteiger partial charge >= 0.3 is 7.82 Å². The topological polar surface area (TPSA) is 131 Å². The number of hydrogen-bond donors (Lipinski definition) is 4. The zero-order valence-electron chi connectivity index (χ0n) is 32.2. The summed E-state index contributed by atoms with van der Waals surface area (Å²) in [6.07, 6.45) is 39.2. The SMILES string of the molecule is CCCCCCCCC/C=C\CCCCCCCC(=O)NC(COP(=O)(O)OCCN)C(O)CCCCCCCCCCCCCCCC. The number of carbonyl (C=O) groups excluding carboxylic acids is 1. The highest BCUT2D eigenvalue weighted by Gasteiger charge is 2.27. The maximum atomic E-state index is 12.7. The summed E-state index contributed by atoms with van der Waals surface area (Å²) in [5, 5.41) is 13.8. The van der Waals surface area contributed by atoms with Crippen molar-refractivity contribution in [1.29, 1.82) is 0 Å². The molecule has 0 aromatic rings. The summed E-state index contributed by atoms with van der Waals surface area (Å²) in [6, 6.07) is -0.774. The summed E-state index contributed by atoms with van der Waals surface area (Å²) in [5.74, 6) is -0.169. The average Bonchev–Trinajstić information content (AvgIpc) is 3.09. The molecule has 0 fully saturated rings. The number of nitrogens with two attached hydrogens (primary N) is 1. The largest absolute Gasteiger partial charge is 0.472 e. The molecular weight excluding hydrogens is 635 g/mol. The maximum absolute atomic E-state index is 12.7. The third kappa shape index (κ3) is 35.4. The monoisotopic (exact) mass is 717 g/mol. The Hall–Kier alpha value is -0.760. The lowest BCUT2D eigenvalue weighted by Gasteiger charge is -2.25. The Morgan fingerprint density at radius 1 is 0.653 bits per heavy atom. The van der Waals surface area contributed by atoms with Crippen molar-refractivity contribution >= 4 is 13.7 Å². The van der Waals surface area contributed by atoms with Crippen molar-refractivity contribution in [3.63, 3.8) is 0 Å². The summed E-state index contributed by atoms with van der Waals surface area (Å²) in [7, 11) is -4.31. The molecule has 0 rings (SSSR count). The summed E-state index contributed by atoms with van der Waals surface area (Å²) in [4.78, 5) is 22.7. The van der Waals surface area contributed by atoms with Crippen LogP contribution in [0.15, 0.2) is 12.2 Å². The van der Waals surface area contributed by atoms with E-state index in [9.17, 15) is 19.4 Å². The molecule has 8 nitrogen and oxygen atoms in total. The predicted molar refractivity (Wildman–Crippen MR) is 208 cm³/mol. The van der Waals surface area contributed by atoms with E-state index in [2.05, 4.69) is 31.3 Å². The summed E-state index contributed by atoms with van der Waals surface area (Å²) < 4.78 is 22.1. The van der Waals surface area contributed by atoms with Gasteiger partial charge in [-0.2, -0.15) is 0 Å². The van der Waals surface area contributed by atoms with Crippen LogP contribution in [0.25, 0.3) is 0 Å². The van der Waals surface area contributed by atoms with Crippen LogP contribution < -0.4 is 11.1 Å². The van der Waals surface area contributed by atoms with E-state index in [0.29, 0.717) is 12.8 Å². The lowest BCUT2D eigenvalue weighted by Crippen LogP contribution is -2.46. The minimum absolute atomic E-state index is 0.0891. The van der Waals surface area contributed by atoms with Crippen molar-refractivity contribution < 1.29 is 28.4 Å². The molecule has 292 valence electrons. The second-order valence-corrected chi connectivity index (χ2v) is 15.7. The van der Waals surface area contributed by atoms with Crippen LogP contribution in [0.1, 0.15) is 206 Å². The zero-order valence-corrected chi connectivity index (χ0v) is 33.1. The number of nitrogens with one attached hydrogen (secondary N) is 1. The van der Waals surface area contributed by atoms with E-state index in [0.717, 1.165) is 51.4 Å². The third-order valence-corrected chi connectivity index (χ3v) is 10.4. The molecule has 3 unspecified atom stereocenters. The van der Waals surface area contributed by atoms with Gasteiger partial charge in [-0.05, 0) is 38.5 Å². The fourth-order valence-electron chi connectivity index (χ4n) is 6.19. The normalized spacial score (nSPS) is 14.3. The zero-order chi connectivity index (χ0) is 36.1. The number of rotatable bonds is 39. The van der Waals surface area contributed by atoms with E-state index in [-0.39, 0.29) is 25.7 Å². The van der Waals surface area contributed by atoms with Crippen LogP contribution >= 0.6 is 7.82 Å². The molecule has 0 saturated carbocycles. The van der Waals surface area contributed by atoms with Crippen LogP contribution in [0.3, 0.4) is 0 Å². The van der Waals surface area contributed by atoms with E-state index in [4.69, 9.17) is 14.8 Å². The van der Waals surface area contributed by atoms with Gasteiger partial charge in [0.15, 0.2) is 0 Å². The van der Waals surface area contributed by atoms with Crippen LogP contribution in [0.5, 0.6) is 0 Å². The number of unbranched alkanes of at least 4 members (excludes halogenated alkanes) is 25. The molecule has 0 radical (unpaired) electrons. The number of phosphoric ester groups is 1. The molecule has 0 spiro atoms. The highest BCUT2D eigenvalue weighted by molar-refractivity contribution is 7.47. The molecule has 49 heavy (non-hydrogen) atoms. The smallest absolute Gasteiger partial charge is 0.391 e. The number of hydrogen-bond acceptors (Lipinski definition) is 6. The minimum atomic E-state index is -4.31. The highest BCUT2D eigenvalue weighted by atomic mass is 31.2. The van der Waals surface area contributed by atoms with Gasteiger partial charge in [-0.15, -0.1) is 0 Å². The first-order valence-electron chi connectivity index (χ1n) is 20.8. The molecular formula is C40H81N2O6P. The Labute approximate surface area is 303 Å². The van der Waals surface area contributed by atoms with E-state index >= 15 is 0 Å². The molecule has 5 N–H and O–H groups in total. The van der Waals surface area contributed by atoms with Gasteiger partial charge in [0, 0.05) is 13.0 Å². The molecule has 0 bridgehead atoms. The molecule has 0 aromatic carbocycles. The fraction of sp³-hybridized carbons (Fsp3) is 0.925. The van der Waals surface area contributed by atoms with Crippen molar-refractivity contribution in [1.82, 2.24) is 5.32 Å². The number of phosphoric acid groups is 1. The molecule has 0 aliphatic carbocycles. The van der Waals surface area contributed by atoms with E-state index in [1.165, 1.54) is 128 Å².